The van der Waals surface area contributed by atoms with Crippen LogP contribution < -0.4 is 4.90 Å². The predicted molar refractivity (Wildman–Crippen MR) is 115 cm³/mol. The molecule has 1 aromatic carbocycles. The zero-order valence-corrected chi connectivity index (χ0v) is 17.9. The molecule has 1 atom stereocenters. The van der Waals surface area contributed by atoms with E-state index >= 15 is 0 Å². The van der Waals surface area contributed by atoms with Gasteiger partial charge in [-0.25, -0.2) is 4.79 Å². The van der Waals surface area contributed by atoms with Crippen LogP contribution in [0, 0.1) is 0 Å². The maximum absolute atomic E-state index is 13.4. The monoisotopic (exact) mass is 425 g/mol. The zero-order chi connectivity index (χ0) is 22.8. The molecular weight excluding hydrogens is 398 g/mol. The summed E-state index contributed by atoms with van der Waals surface area (Å²) >= 11 is 0. The summed E-state index contributed by atoms with van der Waals surface area (Å²) in [7, 11) is 0. The normalized spacial score (nSPS) is 19.7. The van der Waals surface area contributed by atoms with E-state index in [0.29, 0.717) is 11.3 Å². The van der Waals surface area contributed by atoms with Crippen LogP contribution in [-0.2, 0) is 19.1 Å². The van der Waals surface area contributed by atoms with Crippen molar-refractivity contribution in [2.24, 2.45) is 0 Å². The van der Waals surface area contributed by atoms with Gasteiger partial charge in [-0.2, -0.15) is 0 Å². The molecule has 0 saturated carbocycles. The summed E-state index contributed by atoms with van der Waals surface area (Å²) in [5.74, 6) is -1.83. The first-order chi connectivity index (χ1) is 14.8. The second-order valence-electron chi connectivity index (χ2n) is 7.78. The number of fused-ring (bicyclic) bond motifs is 3. The lowest BCUT2D eigenvalue weighted by Crippen LogP contribution is -2.70. The van der Waals surface area contributed by atoms with Gasteiger partial charge in [0.1, 0.15) is 0 Å². The highest BCUT2D eigenvalue weighted by Gasteiger charge is 2.62. The number of carbonyl (C=O) groups is 4. The molecule has 1 saturated heterocycles. The van der Waals surface area contributed by atoms with E-state index in [1.165, 1.54) is 14.7 Å². The first kappa shape index (κ1) is 22.3. The SMILES string of the molecule is C=CCN(CC=C)C(=O)COC(=O)C12CCC(=O)N1c1ccccc1C(=O)N2C(C)C. The van der Waals surface area contributed by atoms with Gasteiger partial charge in [0.05, 0.1) is 11.3 Å². The first-order valence-corrected chi connectivity index (χ1v) is 10.2. The molecule has 0 spiro atoms. The zero-order valence-electron chi connectivity index (χ0n) is 17.9. The number of para-hydroxylation sites is 1. The largest absolute Gasteiger partial charge is 0.452 e. The van der Waals surface area contributed by atoms with Crippen molar-refractivity contribution in [3.63, 3.8) is 0 Å². The highest BCUT2D eigenvalue weighted by atomic mass is 16.5. The van der Waals surface area contributed by atoms with E-state index in [4.69, 9.17) is 4.74 Å². The third-order valence-corrected chi connectivity index (χ3v) is 5.52. The van der Waals surface area contributed by atoms with Gasteiger partial charge in [0.2, 0.25) is 11.6 Å². The van der Waals surface area contributed by atoms with E-state index in [0.717, 1.165) is 0 Å². The second-order valence-corrected chi connectivity index (χ2v) is 7.78. The molecule has 0 bridgehead atoms. The number of ether oxygens (including phenoxy) is 1. The van der Waals surface area contributed by atoms with Gasteiger partial charge in [0.25, 0.3) is 11.8 Å². The summed E-state index contributed by atoms with van der Waals surface area (Å²) in [5.41, 5.74) is -0.872. The molecule has 2 aliphatic rings. The Morgan fingerprint density at radius 2 is 1.84 bits per heavy atom. The lowest BCUT2D eigenvalue weighted by atomic mass is 9.95. The van der Waals surface area contributed by atoms with Crippen LogP contribution in [0.1, 0.15) is 37.0 Å². The average Bonchev–Trinajstić information content (AvgIpc) is 3.09. The van der Waals surface area contributed by atoms with Crippen LogP contribution in [0.4, 0.5) is 5.69 Å². The Kier molecular flexibility index (Phi) is 6.29. The predicted octanol–water partition coefficient (Wildman–Crippen LogP) is 2.12. The van der Waals surface area contributed by atoms with E-state index in [2.05, 4.69) is 13.2 Å². The van der Waals surface area contributed by atoms with Crippen molar-refractivity contribution in [1.29, 1.82) is 0 Å². The van der Waals surface area contributed by atoms with Crippen LogP contribution in [0.25, 0.3) is 0 Å². The third-order valence-electron chi connectivity index (χ3n) is 5.52. The van der Waals surface area contributed by atoms with Crippen LogP contribution in [0.15, 0.2) is 49.6 Å². The van der Waals surface area contributed by atoms with Gasteiger partial charge >= 0.3 is 5.97 Å². The van der Waals surface area contributed by atoms with Gasteiger partial charge in [-0.1, -0.05) is 24.3 Å². The Bertz CT molecular complexity index is 931. The number of nitrogens with zero attached hydrogens (tertiary/aromatic N) is 3. The molecule has 31 heavy (non-hydrogen) atoms. The molecule has 1 aromatic rings. The minimum Gasteiger partial charge on any atom is -0.452 e. The van der Waals surface area contributed by atoms with Crippen LogP contribution in [0.3, 0.4) is 0 Å². The minimum atomic E-state index is -1.61. The fourth-order valence-electron chi connectivity index (χ4n) is 4.30. The molecule has 3 rings (SSSR count). The van der Waals surface area contributed by atoms with Gasteiger partial charge in [0, 0.05) is 32.0 Å². The lowest BCUT2D eigenvalue weighted by Gasteiger charge is -2.50. The Labute approximate surface area is 181 Å². The molecule has 8 nitrogen and oxygen atoms in total. The molecule has 8 heteroatoms. The van der Waals surface area contributed by atoms with Gasteiger partial charge < -0.3 is 14.5 Å². The van der Waals surface area contributed by atoms with Crippen molar-refractivity contribution < 1.29 is 23.9 Å². The van der Waals surface area contributed by atoms with E-state index < -0.39 is 24.1 Å². The van der Waals surface area contributed by atoms with E-state index in [-0.39, 0.29) is 43.8 Å². The molecule has 0 aliphatic carbocycles. The molecule has 0 radical (unpaired) electrons. The maximum atomic E-state index is 13.4. The van der Waals surface area contributed by atoms with Gasteiger partial charge in [-0.15, -0.1) is 13.2 Å². The number of carbonyl (C=O) groups excluding carboxylic acids is 4. The summed E-state index contributed by atoms with van der Waals surface area (Å²) in [5, 5.41) is 0. The number of rotatable bonds is 8. The first-order valence-electron chi connectivity index (χ1n) is 10.2. The topological polar surface area (TPSA) is 87.2 Å². The molecule has 3 amide bonds. The molecule has 1 unspecified atom stereocenters. The summed E-state index contributed by atoms with van der Waals surface area (Å²) in [4.78, 5) is 56.3. The summed E-state index contributed by atoms with van der Waals surface area (Å²) in [6.07, 6.45) is 3.32. The quantitative estimate of drug-likeness (QED) is 0.470. The van der Waals surface area contributed by atoms with Crippen molar-refractivity contribution in [3.05, 3.63) is 55.1 Å². The number of anilines is 1. The van der Waals surface area contributed by atoms with Crippen molar-refractivity contribution in [1.82, 2.24) is 9.80 Å². The van der Waals surface area contributed by atoms with Crippen molar-refractivity contribution in [2.75, 3.05) is 24.6 Å². The smallest absolute Gasteiger partial charge is 0.354 e. The standard InChI is InChI=1S/C23H27N3O5/c1-5-13-24(14-6-2)20(28)15-31-22(30)23-12-11-19(27)26(23)18-10-8-7-9-17(18)21(29)25(23)16(3)4/h5-10,16H,1-2,11-15H2,3-4H3. The fourth-order valence-corrected chi connectivity index (χ4v) is 4.30. The van der Waals surface area contributed by atoms with E-state index in [1.807, 2.05) is 0 Å². The van der Waals surface area contributed by atoms with E-state index in [9.17, 15) is 19.2 Å². The van der Waals surface area contributed by atoms with E-state index in [1.54, 1.807) is 50.3 Å². The van der Waals surface area contributed by atoms with Gasteiger partial charge in [0.15, 0.2) is 6.61 Å². The molecule has 164 valence electrons. The number of hydrogen-bond donors (Lipinski definition) is 0. The second kappa shape index (κ2) is 8.75. The molecular formula is C23H27N3O5. The number of benzene rings is 1. The van der Waals surface area contributed by atoms with Crippen molar-refractivity contribution in [2.45, 2.75) is 38.4 Å². The van der Waals surface area contributed by atoms with Crippen LogP contribution in [0.2, 0.25) is 0 Å². The highest BCUT2D eigenvalue weighted by Crippen LogP contribution is 2.45. The van der Waals surface area contributed by atoms with Gasteiger partial charge in [-0.05, 0) is 26.0 Å². The Balaban J connectivity index is 1.96. The number of hydrogen-bond acceptors (Lipinski definition) is 5. The molecule has 1 fully saturated rings. The third kappa shape index (κ3) is 3.62. The van der Waals surface area contributed by atoms with Crippen LogP contribution in [-0.4, -0.2) is 64.9 Å². The van der Waals surface area contributed by atoms with Crippen molar-refractivity contribution >= 4 is 29.4 Å². The summed E-state index contributed by atoms with van der Waals surface area (Å²) in [6.45, 7) is 10.9. The Hall–Kier alpha value is -3.42. The van der Waals surface area contributed by atoms with Gasteiger partial charge in [-0.3, -0.25) is 19.3 Å². The summed E-state index contributed by atoms with van der Waals surface area (Å²) in [6, 6.07) is 6.34. The molecule has 0 N–H and O–H groups in total. The Morgan fingerprint density at radius 3 is 2.45 bits per heavy atom. The highest BCUT2D eigenvalue weighted by molar-refractivity contribution is 6.15. The number of esters is 1. The maximum Gasteiger partial charge on any atom is 0.354 e. The molecule has 2 aliphatic heterocycles. The number of amides is 3. The Morgan fingerprint density at radius 1 is 1.19 bits per heavy atom. The van der Waals surface area contributed by atoms with Crippen molar-refractivity contribution in [3.8, 4) is 0 Å². The molecule has 0 aromatic heterocycles. The minimum absolute atomic E-state index is 0.0902. The average molecular weight is 425 g/mol. The van der Waals surface area contributed by atoms with Crippen LogP contribution >= 0.6 is 0 Å². The molecule has 2 heterocycles. The summed E-state index contributed by atoms with van der Waals surface area (Å²) < 4.78 is 5.43. The van der Waals surface area contributed by atoms with Crippen LogP contribution in [0.5, 0.6) is 0 Å². The lowest BCUT2D eigenvalue weighted by molar-refractivity contribution is -0.162. The fraction of sp³-hybridized carbons (Fsp3) is 0.391.